The van der Waals surface area contributed by atoms with Crippen LogP contribution < -0.4 is 5.32 Å². The van der Waals surface area contributed by atoms with Gasteiger partial charge in [0, 0.05) is 22.8 Å². The molecule has 1 aliphatic carbocycles. The zero-order chi connectivity index (χ0) is 14.4. The van der Waals surface area contributed by atoms with Crippen molar-refractivity contribution < 1.29 is 4.79 Å². The Labute approximate surface area is 135 Å². The molecule has 3 heterocycles. The second-order valence-corrected chi connectivity index (χ2v) is 8.27. The Hall–Kier alpha value is -1.14. The van der Waals surface area contributed by atoms with Crippen LogP contribution in [0, 0.1) is 0 Å². The summed E-state index contributed by atoms with van der Waals surface area (Å²) in [7, 11) is 0. The zero-order valence-electron chi connectivity index (χ0n) is 11.5. The van der Waals surface area contributed by atoms with Crippen molar-refractivity contribution >= 4 is 39.0 Å². The molecule has 1 atom stereocenters. The van der Waals surface area contributed by atoms with E-state index in [1.807, 2.05) is 12.3 Å². The van der Waals surface area contributed by atoms with Gasteiger partial charge in [0.2, 0.25) is 5.91 Å². The third-order valence-corrected chi connectivity index (χ3v) is 6.19. The molecule has 0 radical (unpaired) electrons. The van der Waals surface area contributed by atoms with Gasteiger partial charge in [0.15, 0.2) is 0 Å². The van der Waals surface area contributed by atoms with Gasteiger partial charge in [-0.2, -0.15) is 5.10 Å². The monoisotopic (exact) mass is 365 g/mol. The van der Waals surface area contributed by atoms with Crippen molar-refractivity contribution in [2.24, 2.45) is 0 Å². The van der Waals surface area contributed by atoms with Gasteiger partial charge in [0.1, 0.15) is 5.82 Å². The molecule has 0 bridgehead atoms. The number of hydrogen-bond acceptors (Lipinski definition) is 3. The van der Waals surface area contributed by atoms with E-state index < -0.39 is 0 Å². The third kappa shape index (κ3) is 2.34. The Morgan fingerprint density at radius 2 is 2.14 bits per heavy atom. The van der Waals surface area contributed by atoms with Gasteiger partial charge < -0.3 is 5.32 Å². The normalized spacial score (nSPS) is 22.3. The summed E-state index contributed by atoms with van der Waals surface area (Å²) in [6.45, 7) is 0. The number of nitrogens with one attached hydrogen (secondary N) is 1. The quantitative estimate of drug-likeness (QED) is 0.862. The van der Waals surface area contributed by atoms with Crippen molar-refractivity contribution in [3.63, 3.8) is 0 Å². The summed E-state index contributed by atoms with van der Waals surface area (Å²) < 4.78 is 3.16. The summed E-state index contributed by atoms with van der Waals surface area (Å²) in [5, 5.41) is 7.64. The minimum absolute atomic E-state index is 0.0942. The predicted molar refractivity (Wildman–Crippen MR) is 86.8 cm³/mol. The van der Waals surface area contributed by atoms with Crippen LogP contribution in [0.2, 0.25) is 0 Å². The number of rotatable bonds is 2. The molecule has 1 amide bonds. The first kappa shape index (κ1) is 13.5. The molecule has 2 aromatic rings. The Morgan fingerprint density at radius 3 is 2.86 bits per heavy atom. The minimum atomic E-state index is 0.0942. The standard InChI is InChI=1S/C15H16BrN3OS/c16-13-6-5-12(21-13)10-7-14(20)18-15-11(10)8-17-19(15)9-3-1-2-4-9/h5-6,8-10H,1-4,7H2,(H,18,20)/t10-/m1/s1. The number of amides is 1. The molecule has 0 aromatic carbocycles. The summed E-state index contributed by atoms with van der Waals surface area (Å²) in [6.07, 6.45) is 7.31. The van der Waals surface area contributed by atoms with Crippen LogP contribution in [0.5, 0.6) is 0 Å². The number of nitrogens with zero attached hydrogens (tertiary/aromatic N) is 2. The van der Waals surface area contributed by atoms with E-state index in [1.165, 1.54) is 30.6 Å². The number of hydrogen-bond donors (Lipinski definition) is 1. The number of fused-ring (bicyclic) bond motifs is 1. The Kier molecular flexibility index (Phi) is 3.38. The lowest BCUT2D eigenvalue weighted by atomic mass is 9.93. The topological polar surface area (TPSA) is 46.9 Å². The smallest absolute Gasteiger partial charge is 0.226 e. The molecular weight excluding hydrogens is 350 g/mol. The number of carbonyl (C=O) groups excluding carboxylic acids is 1. The van der Waals surface area contributed by atoms with Crippen molar-refractivity contribution in [3.8, 4) is 0 Å². The molecule has 4 nitrogen and oxygen atoms in total. The number of aromatic nitrogens is 2. The van der Waals surface area contributed by atoms with Crippen molar-refractivity contribution in [2.45, 2.75) is 44.1 Å². The average molecular weight is 366 g/mol. The van der Waals surface area contributed by atoms with Gasteiger partial charge in [-0.05, 0) is 40.9 Å². The molecule has 0 spiro atoms. The maximum atomic E-state index is 12.1. The van der Waals surface area contributed by atoms with Crippen LogP contribution in [0.4, 0.5) is 5.82 Å². The lowest BCUT2D eigenvalue weighted by Gasteiger charge is -2.24. The molecule has 6 heteroatoms. The summed E-state index contributed by atoms with van der Waals surface area (Å²) in [6, 6.07) is 4.60. The maximum absolute atomic E-state index is 12.1. The number of carbonyl (C=O) groups is 1. The molecule has 0 saturated heterocycles. The van der Waals surface area contributed by atoms with Crippen LogP contribution in [-0.2, 0) is 4.79 Å². The van der Waals surface area contributed by atoms with E-state index in [0.717, 1.165) is 15.2 Å². The van der Waals surface area contributed by atoms with E-state index in [9.17, 15) is 4.79 Å². The highest BCUT2D eigenvalue weighted by Crippen LogP contribution is 2.43. The first-order valence-electron chi connectivity index (χ1n) is 7.35. The summed E-state index contributed by atoms with van der Waals surface area (Å²) >= 11 is 5.21. The second-order valence-electron chi connectivity index (χ2n) is 5.78. The first-order valence-corrected chi connectivity index (χ1v) is 8.96. The minimum Gasteiger partial charge on any atom is -0.311 e. The highest BCUT2D eigenvalue weighted by atomic mass is 79.9. The SMILES string of the molecule is O=C1C[C@@H](c2ccc(Br)s2)c2cnn(C3CCCC3)c2N1. The van der Waals surface area contributed by atoms with Gasteiger partial charge in [-0.3, -0.25) is 4.79 Å². The lowest BCUT2D eigenvalue weighted by molar-refractivity contribution is -0.116. The summed E-state index contributed by atoms with van der Waals surface area (Å²) in [4.78, 5) is 13.3. The zero-order valence-corrected chi connectivity index (χ0v) is 13.9. The van der Waals surface area contributed by atoms with E-state index in [1.54, 1.807) is 11.3 Å². The van der Waals surface area contributed by atoms with E-state index >= 15 is 0 Å². The Balaban J connectivity index is 1.75. The molecule has 1 fully saturated rings. The van der Waals surface area contributed by atoms with Gasteiger partial charge in [-0.25, -0.2) is 4.68 Å². The van der Waals surface area contributed by atoms with E-state index in [2.05, 4.69) is 37.1 Å². The number of halogens is 1. The predicted octanol–water partition coefficient (Wildman–Crippen LogP) is 4.30. The average Bonchev–Trinajstić information content (AvgIpc) is 3.16. The van der Waals surface area contributed by atoms with Crippen LogP contribution in [0.1, 0.15) is 54.5 Å². The van der Waals surface area contributed by atoms with E-state index in [-0.39, 0.29) is 11.8 Å². The molecule has 4 rings (SSSR count). The number of thiophene rings is 1. The van der Waals surface area contributed by atoms with Crippen LogP contribution in [0.3, 0.4) is 0 Å². The van der Waals surface area contributed by atoms with Gasteiger partial charge in [-0.15, -0.1) is 11.3 Å². The van der Waals surface area contributed by atoms with E-state index in [4.69, 9.17) is 0 Å². The molecule has 21 heavy (non-hydrogen) atoms. The fourth-order valence-corrected chi connectivity index (χ4v) is 4.98. The first-order chi connectivity index (χ1) is 10.2. The van der Waals surface area contributed by atoms with Crippen molar-refractivity contribution in [1.82, 2.24) is 9.78 Å². The van der Waals surface area contributed by atoms with Crippen LogP contribution in [0.25, 0.3) is 0 Å². The summed E-state index contributed by atoms with van der Waals surface area (Å²) in [5.74, 6) is 1.16. The third-order valence-electron chi connectivity index (χ3n) is 4.45. The van der Waals surface area contributed by atoms with Crippen molar-refractivity contribution in [3.05, 3.63) is 32.6 Å². The second kappa shape index (κ2) is 5.25. The Bertz CT molecular complexity index is 687. The molecule has 1 N–H and O–H groups in total. The fraction of sp³-hybridized carbons (Fsp3) is 0.467. The van der Waals surface area contributed by atoms with Crippen molar-refractivity contribution in [1.29, 1.82) is 0 Å². The van der Waals surface area contributed by atoms with Gasteiger partial charge in [0.05, 0.1) is 16.0 Å². The van der Waals surface area contributed by atoms with Crippen LogP contribution in [0.15, 0.2) is 22.1 Å². The molecule has 0 unspecified atom stereocenters. The molecule has 1 saturated carbocycles. The maximum Gasteiger partial charge on any atom is 0.226 e. The highest BCUT2D eigenvalue weighted by Gasteiger charge is 2.33. The van der Waals surface area contributed by atoms with Crippen LogP contribution >= 0.6 is 27.3 Å². The summed E-state index contributed by atoms with van der Waals surface area (Å²) in [5.41, 5.74) is 1.16. The molecular formula is C15H16BrN3OS. The largest absolute Gasteiger partial charge is 0.311 e. The lowest BCUT2D eigenvalue weighted by Crippen LogP contribution is -2.25. The van der Waals surface area contributed by atoms with Gasteiger partial charge in [-0.1, -0.05) is 12.8 Å². The fourth-order valence-electron chi connectivity index (χ4n) is 3.43. The van der Waals surface area contributed by atoms with Crippen LogP contribution in [-0.4, -0.2) is 15.7 Å². The molecule has 2 aromatic heterocycles. The van der Waals surface area contributed by atoms with Gasteiger partial charge in [0.25, 0.3) is 0 Å². The van der Waals surface area contributed by atoms with E-state index in [0.29, 0.717) is 12.5 Å². The Morgan fingerprint density at radius 1 is 1.33 bits per heavy atom. The molecule has 2 aliphatic rings. The van der Waals surface area contributed by atoms with Gasteiger partial charge >= 0.3 is 0 Å². The number of anilines is 1. The molecule has 1 aliphatic heterocycles. The van der Waals surface area contributed by atoms with Crippen molar-refractivity contribution in [2.75, 3.05) is 5.32 Å². The molecule has 110 valence electrons. The highest BCUT2D eigenvalue weighted by molar-refractivity contribution is 9.11.